The van der Waals surface area contributed by atoms with Crippen LogP contribution in [0.25, 0.3) is 0 Å². The van der Waals surface area contributed by atoms with Gasteiger partial charge < -0.3 is 15.4 Å². The molecule has 0 spiro atoms. The minimum Gasteiger partial charge on any atom is -0.435 e. The molecule has 6 nitrogen and oxygen atoms in total. The van der Waals surface area contributed by atoms with E-state index in [2.05, 4.69) is 27.6 Å². The smallest absolute Gasteiger partial charge is 0.387 e. The van der Waals surface area contributed by atoms with Crippen LogP contribution in [0.1, 0.15) is 26.2 Å². The molecule has 2 rings (SSSR count). The van der Waals surface area contributed by atoms with Crippen molar-refractivity contribution in [3.63, 3.8) is 0 Å². The van der Waals surface area contributed by atoms with Crippen LogP contribution in [0.4, 0.5) is 14.5 Å². The third kappa shape index (κ3) is 6.87. The Balaban J connectivity index is 1.77. The van der Waals surface area contributed by atoms with Crippen molar-refractivity contribution in [2.24, 2.45) is 0 Å². The number of amides is 2. The van der Waals surface area contributed by atoms with Crippen molar-refractivity contribution < 1.29 is 23.1 Å². The summed E-state index contributed by atoms with van der Waals surface area (Å²) in [5.74, 6) is -0.101. The average Bonchev–Trinajstić information content (AvgIpc) is 2.54. The van der Waals surface area contributed by atoms with Crippen LogP contribution in [-0.2, 0) is 9.59 Å². The summed E-state index contributed by atoms with van der Waals surface area (Å²) in [6.07, 6.45) is 2.34. The molecule has 9 heteroatoms. The summed E-state index contributed by atoms with van der Waals surface area (Å²) >= 11 is 1.29. The number of halogens is 2. The molecule has 3 N–H and O–H groups in total. The van der Waals surface area contributed by atoms with E-state index in [1.54, 1.807) is 0 Å². The Kier molecular flexibility index (Phi) is 7.45. The molecule has 138 valence electrons. The van der Waals surface area contributed by atoms with E-state index in [9.17, 15) is 18.4 Å². The van der Waals surface area contributed by atoms with E-state index in [1.807, 2.05) is 0 Å². The second kappa shape index (κ2) is 9.57. The zero-order valence-electron chi connectivity index (χ0n) is 13.8. The molecule has 0 aromatic heterocycles. The largest absolute Gasteiger partial charge is 0.435 e. The molecule has 2 atom stereocenters. The Hall–Kier alpha value is -1.87. The molecule has 0 saturated carbocycles. The van der Waals surface area contributed by atoms with Crippen molar-refractivity contribution in [2.45, 2.75) is 44.3 Å². The summed E-state index contributed by atoms with van der Waals surface area (Å²) in [6, 6.07) is 5.80. The number of nitrogens with one attached hydrogen (secondary N) is 3. The van der Waals surface area contributed by atoms with Crippen molar-refractivity contribution >= 4 is 29.3 Å². The van der Waals surface area contributed by atoms with Crippen molar-refractivity contribution in [1.29, 1.82) is 0 Å². The van der Waals surface area contributed by atoms with Crippen LogP contribution >= 0.6 is 11.8 Å². The molecule has 1 aliphatic rings. The Morgan fingerprint density at radius 1 is 1.40 bits per heavy atom. The van der Waals surface area contributed by atoms with Gasteiger partial charge in [-0.25, -0.2) is 0 Å². The van der Waals surface area contributed by atoms with E-state index >= 15 is 0 Å². The van der Waals surface area contributed by atoms with Crippen molar-refractivity contribution in [3.05, 3.63) is 24.3 Å². The standard InChI is InChI=1S/C16H21F2N3O3S/c1-2-3-11-8-13(22)21-16(20-11)25-9-14(23)19-10-4-6-12(7-5-10)24-15(17)18/h4-7,11,15-16,20H,2-3,8-9H2,1H3,(H,19,23)(H,21,22). The molecule has 1 aliphatic heterocycles. The Bertz CT molecular complexity index is 586. The minimum absolute atomic E-state index is 0.0234. The molecule has 0 radical (unpaired) electrons. The molecule has 1 heterocycles. The van der Waals surface area contributed by atoms with Gasteiger partial charge in [-0.2, -0.15) is 8.78 Å². The fraction of sp³-hybridized carbons (Fsp3) is 0.500. The van der Waals surface area contributed by atoms with Gasteiger partial charge in [0.1, 0.15) is 11.2 Å². The third-order valence-electron chi connectivity index (χ3n) is 3.49. The highest BCUT2D eigenvalue weighted by Crippen LogP contribution is 2.19. The second-order valence-electron chi connectivity index (χ2n) is 5.57. The maximum absolute atomic E-state index is 12.1. The quantitative estimate of drug-likeness (QED) is 0.653. The highest BCUT2D eigenvalue weighted by Gasteiger charge is 2.25. The Morgan fingerprint density at radius 3 is 2.76 bits per heavy atom. The second-order valence-corrected chi connectivity index (χ2v) is 6.66. The van der Waals surface area contributed by atoms with Crippen molar-refractivity contribution in [1.82, 2.24) is 10.6 Å². The zero-order chi connectivity index (χ0) is 18.2. The summed E-state index contributed by atoms with van der Waals surface area (Å²) in [4.78, 5) is 23.7. The lowest BCUT2D eigenvalue weighted by atomic mass is 10.1. The maximum atomic E-state index is 12.1. The van der Waals surface area contributed by atoms with Crippen LogP contribution in [0, 0.1) is 0 Å². The number of thioether (sulfide) groups is 1. The van der Waals surface area contributed by atoms with E-state index in [-0.39, 0.29) is 34.9 Å². The molecule has 2 amide bonds. The van der Waals surface area contributed by atoms with Crippen LogP contribution in [0.5, 0.6) is 5.75 Å². The molecular weight excluding hydrogens is 352 g/mol. The lowest BCUT2D eigenvalue weighted by Crippen LogP contribution is -2.54. The summed E-state index contributed by atoms with van der Waals surface area (Å²) < 4.78 is 28.4. The van der Waals surface area contributed by atoms with Gasteiger partial charge in [-0.1, -0.05) is 13.3 Å². The first-order valence-electron chi connectivity index (χ1n) is 7.98. The van der Waals surface area contributed by atoms with Crippen LogP contribution in [0.15, 0.2) is 24.3 Å². The van der Waals surface area contributed by atoms with E-state index in [1.165, 1.54) is 36.0 Å². The summed E-state index contributed by atoms with van der Waals surface area (Å²) in [7, 11) is 0. The molecule has 0 aliphatic carbocycles. The van der Waals surface area contributed by atoms with Gasteiger partial charge in [-0.15, -0.1) is 11.8 Å². The number of anilines is 1. The topological polar surface area (TPSA) is 79.5 Å². The first kappa shape index (κ1) is 19.5. The van der Waals surface area contributed by atoms with Gasteiger partial charge in [0, 0.05) is 18.2 Å². The highest BCUT2D eigenvalue weighted by atomic mass is 32.2. The molecule has 1 saturated heterocycles. The number of benzene rings is 1. The molecular formula is C16H21F2N3O3S. The first-order valence-corrected chi connectivity index (χ1v) is 9.03. The number of ether oxygens (including phenoxy) is 1. The van der Waals surface area contributed by atoms with E-state index in [4.69, 9.17) is 0 Å². The Labute approximate surface area is 149 Å². The third-order valence-corrected chi connectivity index (χ3v) is 4.51. The number of rotatable bonds is 8. The van der Waals surface area contributed by atoms with Crippen LogP contribution in [0.2, 0.25) is 0 Å². The molecule has 1 fully saturated rings. The number of carbonyl (C=O) groups excluding carboxylic acids is 2. The van der Waals surface area contributed by atoms with Crippen molar-refractivity contribution in [2.75, 3.05) is 11.1 Å². The van der Waals surface area contributed by atoms with Gasteiger partial charge in [-0.05, 0) is 30.7 Å². The molecule has 1 aromatic rings. The van der Waals surface area contributed by atoms with Crippen molar-refractivity contribution in [3.8, 4) is 5.75 Å². The zero-order valence-corrected chi connectivity index (χ0v) is 14.6. The van der Waals surface area contributed by atoms with Crippen LogP contribution in [-0.4, -0.2) is 35.7 Å². The van der Waals surface area contributed by atoms with E-state index < -0.39 is 6.61 Å². The number of carbonyl (C=O) groups is 2. The molecule has 1 aromatic carbocycles. The molecule has 0 bridgehead atoms. The predicted octanol–water partition coefficient (Wildman–Crippen LogP) is 2.52. The van der Waals surface area contributed by atoms with Gasteiger partial charge in [0.15, 0.2) is 0 Å². The highest BCUT2D eigenvalue weighted by molar-refractivity contribution is 8.00. The summed E-state index contributed by atoms with van der Waals surface area (Å²) in [6.45, 7) is -0.826. The van der Waals surface area contributed by atoms with Gasteiger partial charge in [0.25, 0.3) is 0 Å². The van der Waals surface area contributed by atoms with Crippen LogP contribution < -0.4 is 20.7 Å². The molecule has 2 unspecified atom stereocenters. The normalized spacial score (nSPS) is 20.2. The first-order chi connectivity index (χ1) is 12.0. The maximum Gasteiger partial charge on any atom is 0.387 e. The Morgan fingerprint density at radius 2 is 2.12 bits per heavy atom. The van der Waals surface area contributed by atoms with Gasteiger partial charge in [0.2, 0.25) is 11.8 Å². The summed E-state index contributed by atoms with van der Waals surface area (Å²) in [5.41, 5.74) is 0.182. The number of alkyl halides is 2. The van der Waals surface area contributed by atoms with Gasteiger partial charge in [-0.3, -0.25) is 14.9 Å². The molecule has 25 heavy (non-hydrogen) atoms. The number of hydrogen-bond acceptors (Lipinski definition) is 5. The minimum atomic E-state index is -2.88. The summed E-state index contributed by atoms with van der Waals surface area (Å²) in [5, 5.41) is 8.75. The van der Waals surface area contributed by atoms with Gasteiger partial charge in [0.05, 0.1) is 5.75 Å². The SMILES string of the molecule is CCCC1CC(=O)NC(SCC(=O)Nc2ccc(OC(F)F)cc2)N1. The van der Waals surface area contributed by atoms with E-state index in [0.29, 0.717) is 12.1 Å². The predicted molar refractivity (Wildman–Crippen MR) is 92.5 cm³/mol. The number of hydrogen-bond donors (Lipinski definition) is 3. The lowest BCUT2D eigenvalue weighted by Gasteiger charge is -2.30. The fourth-order valence-corrected chi connectivity index (χ4v) is 3.34. The average molecular weight is 373 g/mol. The van der Waals surface area contributed by atoms with Crippen LogP contribution in [0.3, 0.4) is 0 Å². The van der Waals surface area contributed by atoms with Gasteiger partial charge >= 0.3 is 6.61 Å². The fourth-order valence-electron chi connectivity index (χ4n) is 2.44. The van der Waals surface area contributed by atoms with E-state index in [0.717, 1.165) is 12.8 Å². The lowest BCUT2D eigenvalue weighted by molar-refractivity contribution is -0.123. The monoisotopic (exact) mass is 373 g/mol.